The van der Waals surface area contributed by atoms with Gasteiger partial charge in [-0.05, 0) is 36.5 Å². The SMILES string of the molecule is NC(=O)C1CCCC1c1cccc(F)c1. The number of carbonyl (C=O) groups is 1. The van der Waals surface area contributed by atoms with Gasteiger partial charge >= 0.3 is 0 Å². The van der Waals surface area contributed by atoms with Crippen molar-refractivity contribution in [2.45, 2.75) is 25.2 Å². The van der Waals surface area contributed by atoms with E-state index in [2.05, 4.69) is 0 Å². The molecule has 1 aliphatic rings. The Morgan fingerprint density at radius 1 is 1.40 bits per heavy atom. The molecule has 1 amide bonds. The molecule has 0 saturated heterocycles. The van der Waals surface area contributed by atoms with Gasteiger partial charge in [0, 0.05) is 5.92 Å². The number of halogens is 1. The number of nitrogens with two attached hydrogens (primary N) is 1. The molecular weight excluding hydrogens is 193 g/mol. The Bertz CT molecular complexity index is 378. The molecule has 0 bridgehead atoms. The van der Waals surface area contributed by atoms with Gasteiger partial charge in [-0.15, -0.1) is 0 Å². The van der Waals surface area contributed by atoms with Gasteiger partial charge in [-0.25, -0.2) is 4.39 Å². The minimum absolute atomic E-state index is 0.109. The van der Waals surface area contributed by atoms with Crippen molar-refractivity contribution < 1.29 is 9.18 Å². The maximum Gasteiger partial charge on any atom is 0.221 e. The predicted molar refractivity (Wildman–Crippen MR) is 55.7 cm³/mol. The summed E-state index contributed by atoms with van der Waals surface area (Å²) in [5.41, 5.74) is 6.23. The zero-order valence-corrected chi connectivity index (χ0v) is 8.45. The van der Waals surface area contributed by atoms with Gasteiger partial charge in [-0.3, -0.25) is 4.79 Å². The maximum absolute atomic E-state index is 13.0. The minimum atomic E-state index is -0.262. The molecule has 1 saturated carbocycles. The van der Waals surface area contributed by atoms with E-state index in [4.69, 9.17) is 5.73 Å². The summed E-state index contributed by atoms with van der Waals surface area (Å²) in [5.74, 6) is -0.519. The molecule has 0 radical (unpaired) electrons. The van der Waals surface area contributed by atoms with Crippen LogP contribution >= 0.6 is 0 Å². The van der Waals surface area contributed by atoms with E-state index in [9.17, 15) is 9.18 Å². The molecule has 2 rings (SSSR count). The summed E-state index contributed by atoms with van der Waals surface area (Å²) in [7, 11) is 0. The van der Waals surface area contributed by atoms with Crippen molar-refractivity contribution in [2.24, 2.45) is 11.7 Å². The van der Waals surface area contributed by atoms with Gasteiger partial charge in [-0.1, -0.05) is 18.6 Å². The summed E-state index contributed by atoms with van der Waals surface area (Å²) < 4.78 is 13.0. The Balaban J connectivity index is 2.26. The Labute approximate surface area is 88.3 Å². The van der Waals surface area contributed by atoms with Crippen LogP contribution in [0.25, 0.3) is 0 Å². The van der Waals surface area contributed by atoms with Crippen molar-refractivity contribution in [1.82, 2.24) is 0 Å². The fraction of sp³-hybridized carbons (Fsp3) is 0.417. The van der Waals surface area contributed by atoms with E-state index in [1.165, 1.54) is 12.1 Å². The number of primary amides is 1. The molecule has 0 aromatic heterocycles. The van der Waals surface area contributed by atoms with Crippen LogP contribution in [0.3, 0.4) is 0 Å². The second-order valence-electron chi connectivity index (χ2n) is 4.10. The second-order valence-corrected chi connectivity index (χ2v) is 4.10. The molecule has 0 aliphatic heterocycles. The van der Waals surface area contributed by atoms with Gasteiger partial charge in [0.15, 0.2) is 0 Å². The van der Waals surface area contributed by atoms with Gasteiger partial charge in [0.05, 0.1) is 0 Å². The average molecular weight is 207 g/mol. The molecular formula is C12H14FNO. The van der Waals surface area contributed by atoms with Crippen LogP contribution in [0.4, 0.5) is 4.39 Å². The summed E-state index contributed by atoms with van der Waals surface area (Å²) >= 11 is 0. The van der Waals surface area contributed by atoms with E-state index in [-0.39, 0.29) is 23.6 Å². The normalized spacial score (nSPS) is 25.4. The zero-order chi connectivity index (χ0) is 10.8. The van der Waals surface area contributed by atoms with Gasteiger partial charge < -0.3 is 5.73 Å². The molecule has 2 unspecified atom stereocenters. The molecule has 1 aromatic rings. The summed E-state index contributed by atoms with van der Waals surface area (Å²) in [4.78, 5) is 11.2. The quantitative estimate of drug-likeness (QED) is 0.793. The Morgan fingerprint density at radius 2 is 2.20 bits per heavy atom. The first-order valence-electron chi connectivity index (χ1n) is 5.23. The highest BCUT2D eigenvalue weighted by Crippen LogP contribution is 2.39. The Kier molecular flexibility index (Phi) is 2.71. The lowest BCUT2D eigenvalue weighted by Gasteiger charge is -2.16. The van der Waals surface area contributed by atoms with Gasteiger partial charge in [0.25, 0.3) is 0 Å². The third-order valence-electron chi connectivity index (χ3n) is 3.16. The van der Waals surface area contributed by atoms with Crippen molar-refractivity contribution in [2.75, 3.05) is 0 Å². The third-order valence-corrected chi connectivity index (χ3v) is 3.16. The highest BCUT2D eigenvalue weighted by molar-refractivity contribution is 5.78. The van der Waals surface area contributed by atoms with Crippen LogP contribution in [-0.4, -0.2) is 5.91 Å². The van der Waals surface area contributed by atoms with E-state index in [1.807, 2.05) is 6.07 Å². The summed E-state index contributed by atoms with van der Waals surface area (Å²) in [6.45, 7) is 0. The third kappa shape index (κ3) is 2.01. The van der Waals surface area contributed by atoms with E-state index in [0.717, 1.165) is 24.8 Å². The number of hydrogen-bond donors (Lipinski definition) is 1. The van der Waals surface area contributed by atoms with Crippen LogP contribution in [0.5, 0.6) is 0 Å². The molecule has 3 heteroatoms. The Morgan fingerprint density at radius 3 is 2.87 bits per heavy atom. The van der Waals surface area contributed by atoms with Crippen LogP contribution in [0.2, 0.25) is 0 Å². The van der Waals surface area contributed by atoms with Crippen molar-refractivity contribution >= 4 is 5.91 Å². The number of amides is 1. The minimum Gasteiger partial charge on any atom is -0.369 e. The van der Waals surface area contributed by atoms with Crippen molar-refractivity contribution in [1.29, 1.82) is 0 Å². The summed E-state index contributed by atoms with van der Waals surface area (Å²) in [5, 5.41) is 0. The monoisotopic (exact) mass is 207 g/mol. The largest absolute Gasteiger partial charge is 0.369 e. The van der Waals surface area contributed by atoms with Crippen LogP contribution in [0.1, 0.15) is 30.7 Å². The van der Waals surface area contributed by atoms with Crippen LogP contribution in [-0.2, 0) is 4.79 Å². The molecule has 1 aromatic carbocycles. The molecule has 15 heavy (non-hydrogen) atoms. The summed E-state index contributed by atoms with van der Waals surface area (Å²) in [6, 6.07) is 6.47. The first-order valence-corrected chi connectivity index (χ1v) is 5.23. The van der Waals surface area contributed by atoms with E-state index >= 15 is 0 Å². The van der Waals surface area contributed by atoms with E-state index in [1.54, 1.807) is 6.07 Å². The lowest BCUT2D eigenvalue weighted by Crippen LogP contribution is -2.25. The molecule has 1 aliphatic carbocycles. The van der Waals surface area contributed by atoms with E-state index in [0.29, 0.717) is 0 Å². The molecule has 0 spiro atoms. The van der Waals surface area contributed by atoms with Gasteiger partial charge in [0.2, 0.25) is 5.91 Å². The standard InChI is InChI=1S/C12H14FNO/c13-9-4-1-3-8(7-9)10-5-2-6-11(10)12(14)15/h1,3-4,7,10-11H,2,5-6H2,(H2,14,15). The van der Waals surface area contributed by atoms with Crippen molar-refractivity contribution in [3.8, 4) is 0 Å². The molecule has 2 nitrogen and oxygen atoms in total. The topological polar surface area (TPSA) is 43.1 Å². The smallest absolute Gasteiger partial charge is 0.221 e. The van der Waals surface area contributed by atoms with Crippen molar-refractivity contribution in [3.05, 3.63) is 35.6 Å². The van der Waals surface area contributed by atoms with Gasteiger partial charge in [-0.2, -0.15) is 0 Å². The fourth-order valence-corrected chi connectivity index (χ4v) is 2.44. The fourth-order valence-electron chi connectivity index (χ4n) is 2.44. The first-order chi connectivity index (χ1) is 7.18. The molecule has 1 fully saturated rings. The number of carbonyl (C=O) groups excluding carboxylic acids is 1. The number of hydrogen-bond acceptors (Lipinski definition) is 1. The second kappa shape index (κ2) is 4.01. The molecule has 2 atom stereocenters. The van der Waals surface area contributed by atoms with Gasteiger partial charge in [0.1, 0.15) is 5.82 Å². The molecule has 80 valence electrons. The lowest BCUT2D eigenvalue weighted by atomic mass is 9.88. The van der Waals surface area contributed by atoms with Crippen LogP contribution in [0.15, 0.2) is 24.3 Å². The molecule has 2 N–H and O–H groups in total. The highest BCUT2D eigenvalue weighted by atomic mass is 19.1. The number of rotatable bonds is 2. The van der Waals surface area contributed by atoms with Crippen LogP contribution < -0.4 is 5.73 Å². The van der Waals surface area contributed by atoms with Crippen LogP contribution in [0, 0.1) is 11.7 Å². The summed E-state index contributed by atoms with van der Waals surface area (Å²) in [6.07, 6.45) is 2.75. The Hall–Kier alpha value is -1.38. The van der Waals surface area contributed by atoms with E-state index < -0.39 is 0 Å². The average Bonchev–Trinajstić information content (AvgIpc) is 2.65. The molecule has 0 heterocycles. The first kappa shape index (κ1) is 10.1. The highest BCUT2D eigenvalue weighted by Gasteiger charge is 2.32. The van der Waals surface area contributed by atoms with Crippen molar-refractivity contribution in [3.63, 3.8) is 0 Å². The lowest BCUT2D eigenvalue weighted by molar-refractivity contribution is -0.122. The number of benzene rings is 1. The predicted octanol–water partition coefficient (Wildman–Crippen LogP) is 2.19. The maximum atomic E-state index is 13.0. The zero-order valence-electron chi connectivity index (χ0n) is 8.45.